The zero-order valence-electron chi connectivity index (χ0n) is 11.7. The third-order valence-corrected chi connectivity index (χ3v) is 3.38. The fraction of sp³-hybridized carbons (Fsp3) is 0. The lowest BCUT2D eigenvalue weighted by Gasteiger charge is -2.08. The van der Waals surface area contributed by atoms with E-state index in [9.17, 15) is 4.79 Å². The highest BCUT2D eigenvalue weighted by Gasteiger charge is 2.15. The first kappa shape index (κ1) is 13.7. The van der Waals surface area contributed by atoms with E-state index in [2.05, 4.69) is 11.1 Å². The maximum atomic E-state index is 12.7. The van der Waals surface area contributed by atoms with E-state index in [1.807, 2.05) is 30.3 Å². The molecule has 22 heavy (non-hydrogen) atoms. The number of ketones is 1. The Morgan fingerprint density at radius 3 is 2.32 bits per heavy atom. The maximum Gasteiger partial charge on any atom is 0.195 e. The molecule has 0 aliphatic carbocycles. The van der Waals surface area contributed by atoms with Crippen LogP contribution in [-0.2, 0) is 0 Å². The van der Waals surface area contributed by atoms with Crippen LogP contribution in [0.15, 0.2) is 72.9 Å². The number of nitrogens with zero attached hydrogens (tertiary/aromatic N) is 2. The van der Waals surface area contributed by atoms with E-state index in [0.29, 0.717) is 22.4 Å². The molecule has 0 radical (unpaired) electrons. The minimum Gasteiger partial charge on any atom is -0.289 e. The number of benzene rings is 2. The number of carbonyl (C=O) groups is 1. The molecule has 0 atom stereocenters. The topological polar surface area (TPSA) is 53.8 Å². The summed E-state index contributed by atoms with van der Waals surface area (Å²) >= 11 is 0. The third kappa shape index (κ3) is 2.63. The molecular weight excluding hydrogens is 272 g/mol. The lowest BCUT2D eigenvalue weighted by Crippen LogP contribution is -2.04. The van der Waals surface area contributed by atoms with Crippen LogP contribution in [0.2, 0.25) is 0 Å². The molecule has 1 heterocycles. The average molecular weight is 284 g/mol. The molecule has 3 aromatic rings. The van der Waals surface area contributed by atoms with Crippen molar-refractivity contribution in [1.29, 1.82) is 5.26 Å². The molecule has 0 unspecified atom stereocenters. The zero-order chi connectivity index (χ0) is 15.4. The Morgan fingerprint density at radius 2 is 1.64 bits per heavy atom. The van der Waals surface area contributed by atoms with Crippen molar-refractivity contribution < 1.29 is 4.79 Å². The maximum absolute atomic E-state index is 12.7. The van der Waals surface area contributed by atoms with Gasteiger partial charge in [-0.3, -0.25) is 9.78 Å². The van der Waals surface area contributed by atoms with Gasteiger partial charge in [-0.1, -0.05) is 42.5 Å². The van der Waals surface area contributed by atoms with Crippen LogP contribution in [0.3, 0.4) is 0 Å². The van der Waals surface area contributed by atoms with Gasteiger partial charge in [0, 0.05) is 22.9 Å². The summed E-state index contributed by atoms with van der Waals surface area (Å²) in [6.07, 6.45) is 1.66. The first-order valence-corrected chi connectivity index (χ1v) is 6.85. The highest BCUT2D eigenvalue weighted by molar-refractivity contribution is 6.12. The van der Waals surface area contributed by atoms with Crippen LogP contribution < -0.4 is 0 Å². The first-order chi connectivity index (χ1) is 10.8. The van der Waals surface area contributed by atoms with Crippen molar-refractivity contribution in [3.05, 3.63) is 89.6 Å². The number of aromatic nitrogens is 1. The van der Waals surface area contributed by atoms with Gasteiger partial charge in [0.25, 0.3) is 0 Å². The van der Waals surface area contributed by atoms with Gasteiger partial charge in [0.15, 0.2) is 5.78 Å². The van der Waals surface area contributed by atoms with Crippen molar-refractivity contribution in [3.63, 3.8) is 0 Å². The summed E-state index contributed by atoms with van der Waals surface area (Å²) in [4.78, 5) is 17.0. The summed E-state index contributed by atoms with van der Waals surface area (Å²) in [6.45, 7) is 0. The summed E-state index contributed by atoms with van der Waals surface area (Å²) < 4.78 is 0. The highest BCUT2D eigenvalue weighted by atomic mass is 16.1. The van der Waals surface area contributed by atoms with Crippen LogP contribution in [0.25, 0.3) is 11.3 Å². The van der Waals surface area contributed by atoms with E-state index < -0.39 is 0 Å². The SMILES string of the molecule is N#Cc1ccc(-c2ncccc2C(=O)c2ccccc2)cc1. The van der Waals surface area contributed by atoms with Crippen molar-refractivity contribution in [2.45, 2.75) is 0 Å². The van der Waals surface area contributed by atoms with E-state index in [-0.39, 0.29) is 5.78 Å². The zero-order valence-corrected chi connectivity index (χ0v) is 11.7. The molecule has 0 aliphatic heterocycles. The molecule has 0 spiro atoms. The van der Waals surface area contributed by atoms with Crippen molar-refractivity contribution in [2.75, 3.05) is 0 Å². The number of carbonyl (C=O) groups excluding carboxylic acids is 1. The van der Waals surface area contributed by atoms with Gasteiger partial charge in [-0.05, 0) is 24.3 Å². The molecule has 0 aliphatic rings. The number of hydrogen-bond donors (Lipinski definition) is 0. The van der Waals surface area contributed by atoms with Gasteiger partial charge < -0.3 is 0 Å². The Kier molecular flexibility index (Phi) is 3.76. The summed E-state index contributed by atoms with van der Waals surface area (Å²) in [5, 5.41) is 8.87. The van der Waals surface area contributed by atoms with Crippen LogP contribution in [0, 0.1) is 11.3 Å². The lowest BCUT2D eigenvalue weighted by atomic mass is 9.98. The molecule has 0 bridgehead atoms. The second-order valence-electron chi connectivity index (χ2n) is 4.78. The van der Waals surface area contributed by atoms with Gasteiger partial charge in [-0.15, -0.1) is 0 Å². The fourth-order valence-electron chi connectivity index (χ4n) is 2.27. The van der Waals surface area contributed by atoms with Crippen LogP contribution >= 0.6 is 0 Å². The van der Waals surface area contributed by atoms with E-state index in [1.54, 1.807) is 42.6 Å². The van der Waals surface area contributed by atoms with E-state index in [1.165, 1.54) is 0 Å². The second kappa shape index (κ2) is 6.02. The third-order valence-electron chi connectivity index (χ3n) is 3.38. The van der Waals surface area contributed by atoms with Crippen molar-refractivity contribution in [1.82, 2.24) is 4.98 Å². The van der Waals surface area contributed by atoms with Crippen molar-refractivity contribution >= 4 is 5.78 Å². The van der Waals surface area contributed by atoms with Gasteiger partial charge in [0.2, 0.25) is 0 Å². The quantitative estimate of drug-likeness (QED) is 0.686. The number of rotatable bonds is 3. The van der Waals surface area contributed by atoms with Crippen LogP contribution in [0.4, 0.5) is 0 Å². The Morgan fingerprint density at radius 1 is 0.909 bits per heavy atom. The van der Waals surface area contributed by atoms with Crippen LogP contribution in [0.5, 0.6) is 0 Å². The Bertz CT molecular complexity index is 847. The van der Waals surface area contributed by atoms with Crippen molar-refractivity contribution in [3.8, 4) is 17.3 Å². The largest absolute Gasteiger partial charge is 0.289 e. The summed E-state index contributed by atoms with van der Waals surface area (Å²) in [6, 6.07) is 21.8. The van der Waals surface area contributed by atoms with E-state index in [0.717, 1.165) is 5.56 Å². The van der Waals surface area contributed by atoms with Gasteiger partial charge in [-0.2, -0.15) is 5.26 Å². The molecule has 0 saturated heterocycles. The van der Waals surface area contributed by atoms with Gasteiger partial charge in [-0.25, -0.2) is 0 Å². The molecule has 3 rings (SSSR count). The smallest absolute Gasteiger partial charge is 0.195 e. The van der Waals surface area contributed by atoms with Gasteiger partial charge in [0.05, 0.1) is 17.3 Å². The number of nitriles is 1. The fourth-order valence-corrected chi connectivity index (χ4v) is 2.27. The molecule has 0 fully saturated rings. The Balaban J connectivity index is 2.07. The number of hydrogen-bond acceptors (Lipinski definition) is 3. The Labute approximate surface area is 128 Å². The van der Waals surface area contributed by atoms with Gasteiger partial charge >= 0.3 is 0 Å². The molecule has 3 heteroatoms. The standard InChI is InChI=1S/C19H12N2O/c20-13-14-8-10-15(11-9-14)18-17(7-4-12-21-18)19(22)16-5-2-1-3-6-16/h1-12H. The first-order valence-electron chi connectivity index (χ1n) is 6.85. The molecule has 3 nitrogen and oxygen atoms in total. The minimum absolute atomic E-state index is 0.0620. The average Bonchev–Trinajstić information content (AvgIpc) is 2.62. The summed E-state index contributed by atoms with van der Waals surface area (Å²) in [7, 11) is 0. The monoisotopic (exact) mass is 284 g/mol. The predicted molar refractivity (Wildman–Crippen MR) is 84.3 cm³/mol. The summed E-state index contributed by atoms with van der Waals surface area (Å²) in [5.74, 6) is -0.0620. The highest BCUT2D eigenvalue weighted by Crippen LogP contribution is 2.23. The molecule has 0 N–H and O–H groups in total. The van der Waals surface area contributed by atoms with Gasteiger partial charge in [0.1, 0.15) is 0 Å². The van der Waals surface area contributed by atoms with Crippen LogP contribution in [-0.4, -0.2) is 10.8 Å². The molecule has 2 aromatic carbocycles. The molecular formula is C19H12N2O. The molecule has 104 valence electrons. The summed E-state index contributed by atoms with van der Waals surface area (Å²) in [5.41, 5.74) is 3.21. The van der Waals surface area contributed by atoms with E-state index >= 15 is 0 Å². The minimum atomic E-state index is -0.0620. The Hall–Kier alpha value is -3.25. The molecule has 1 aromatic heterocycles. The second-order valence-corrected chi connectivity index (χ2v) is 4.78. The lowest BCUT2D eigenvalue weighted by molar-refractivity contribution is 0.103. The number of pyridine rings is 1. The van der Waals surface area contributed by atoms with Crippen molar-refractivity contribution in [2.24, 2.45) is 0 Å². The molecule has 0 saturated carbocycles. The predicted octanol–water partition coefficient (Wildman–Crippen LogP) is 3.85. The van der Waals surface area contributed by atoms with E-state index in [4.69, 9.17) is 5.26 Å². The van der Waals surface area contributed by atoms with Crippen LogP contribution in [0.1, 0.15) is 21.5 Å². The normalized spacial score (nSPS) is 9.95. The molecule has 0 amide bonds.